The number of hydrogen-bond acceptors (Lipinski definition) is 9. The summed E-state index contributed by atoms with van der Waals surface area (Å²) in [6, 6.07) is 8.14. The summed E-state index contributed by atoms with van der Waals surface area (Å²) in [6.07, 6.45) is 10.0. The van der Waals surface area contributed by atoms with Crippen LogP contribution in [0.5, 0.6) is 5.75 Å². The van der Waals surface area contributed by atoms with Gasteiger partial charge in [0.05, 0.1) is 12.4 Å². The van der Waals surface area contributed by atoms with Gasteiger partial charge >= 0.3 is 0 Å². The van der Waals surface area contributed by atoms with Gasteiger partial charge in [-0.25, -0.2) is 13.4 Å². The lowest BCUT2D eigenvalue weighted by atomic mass is 9.84. The molecule has 218 valence electrons. The van der Waals surface area contributed by atoms with E-state index in [0.29, 0.717) is 30.8 Å². The number of piperidine rings is 1. The standard InChI is InChI=1S/C29H42N6O4S/c1-40(37,38)19-3-18-39-26-5-2-4-25-24(26)13-17-35(25)27-10-14-31-29(33-27)32-23-8-6-22(7-9-23)28(36)34-15-11-21(20-30)12-16-34/h2,4-5,10,14,21-23H,3,6-9,11-13,15-20,30H2,1H3,(H,31,32,33)/t22-,23-. The number of rotatable bonds is 10. The van der Waals surface area contributed by atoms with Crippen molar-refractivity contribution in [2.45, 2.75) is 57.4 Å². The molecule has 0 spiro atoms. The van der Waals surface area contributed by atoms with E-state index in [1.165, 1.54) is 6.26 Å². The van der Waals surface area contributed by atoms with E-state index in [1.807, 2.05) is 18.2 Å². The summed E-state index contributed by atoms with van der Waals surface area (Å²) in [4.78, 5) is 26.6. The molecule has 1 amide bonds. The predicted octanol–water partition coefficient (Wildman–Crippen LogP) is 3.15. The molecule has 0 atom stereocenters. The molecule has 40 heavy (non-hydrogen) atoms. The van der Waals surface area contributed by atoms with Gasteiger partial charge in [-0.05, 0) is 82.0 Å². The molecule has 2 aliphatic heterocycles. The number of sulfone groups is 1. The minimum atomic E-state index is -2.99. The first kappa shape index (κ1) is 28.6. The van der Waals surface area contributed by atoms with Gasteiger partial charge in [0.2, 0.25) is 11.9 Å². The number of nitrogens with zero attached hydrogens (tertiary/aromatic N) is 4. The Balaban J connectivity index is 1.15. The largest absolute Gasteiger partial charge is 0.493 e. The molecule has 10 nitrogen and oxygen atoms in total. The van der Waals surface area contributed by atoms with Crippen LogP contribution in [0, 0.1) is 11.8 Å². The smallest absolute Gasteiger partial charge is 0.225 e. The van der Waals surface area contributed by atoms with Crippen molar-refractivity contribution in [3.05, 3.63) is 36.0 Å². The van der Waals surface area contributed by atoms with Crippen molar-refractivity contribution in [2.24, 2.45) is 17.6 Å². The van der Waals surface area contributed by atoms with Crippen LogP contribution in [0.3, 0.4) is 0 Å². The van der Waals surface area contributed by atoms with Gasteiger partial charge in [-0.15, -0.1) is 0 Å². The van der Waals surface area contributed by atoms with Gasteiger partial charge in [0.1, 0.15) is 21.4 Å². The molecule has 2 fully saturated rings. The Kier molecular flexibility index (Phi) is 9.10. The fraction of sp³-hybridized carbons (Fsp3) is 0.621. The van der Waals surface area contributed by atoms with Gasteiger partial charge in [0.25, 0.3) is 0 Å². The number of anilines is 3. The summed E-state index contributed by atoms with van der Waals surface area (Å²) in [7, 11) is -2.99. The van der Waals surface area contributed by atoms with E-state index >= 15 is 0 Å². The van der Waals surface area contributed by atoms with Crippen molar-refractivity contribution in [2.75, 3.05) is 55.0 Å². The van der Waals surface area contributed by atoms with Crippen LogP contribution in [0.2, 0.25) is 0 Å². The van der Waals surface area contributed by atoms with Gasteiger partial charge in [-0.2, -0.15) is 4.98 Å². The van der Waals surface area contributed by atoms with Crippen molar-refractivity contribution < 1.29 is 17.9 Å². The molecule has 1 aromatic heterocycles. The first-order chi connectivity index (χ1) is 19.3. The lowest BCUT2D eigenvalue weighted by Crippen LogP contribution is -2.44. The van der Waals surface area contributed by atoms with E-state index in [1.54, 1.807) is 6.20 Å². The van der Waals surface area contributed by atoms with Crippen LogP contribution < -0.4 is 20.7 Å². The number of benzene rings is 1. The molecule has 11 heteroatoms. The second-order valence-electron chi connectivity index (χ2n) is 11.4. The zero-order valence-electron chi connectivity index (χ0n) is 23.4. The lowest BCUT2D eigenvalue weighted by molar-refractivity contribution is -0.138. The van der Waals surface area contributed by atoms with Crippen molar-refractivity contribution in [3.63, 3.8) is 0 Å². The van der Waals surface area contributed by atoms with Crippen LogP contribution in [-0.2, 0) is 21.1 Å². The second-order valence-corrected chi connectivity index (χ2v) is 13.7. The lowest BCUT2D eigenvalue weighted by Gasteiger charge is -2.36. The molecule has 5 rings (SSSR count). The van der Waals surface area contributed by atoms with E-state index in [4.69, 9.17) is 15.5 Å². The van der Waals surface area contributed by atoms with Gasteiger partial charge in [0.15, 0.2) is 0 Å². The maximum atomic E-state index is 13.1. The number of carbonyl (C=O) groups is 1. The summed E-state index contributed by atoms with van der Waals surface area (Å²) in [5.41, 5.74) is 7.98. The van der Waals surface area contributed by atoms with Gasteiger partial charge in [0, 0.05) is 55.3 Å². The average molecular weight is 571 g/mol. The molecular formula is C29H42N6O4S. The molecule has 1 saturated carbocycles. The highest BCUT2D eigenvalue weighted by Gasteiger charge is 2.32. The highest BCUT2D eigenvalue weighted by Crippen LogP contribution is 2.39. The Hall–Kier alpha value is -2.92. The molecule has 0 bridgehead atoms. The number of carbonyl (C=O) groups excluding carboxylic acids is 1. The fourth-order valence-corrected chi connectivity index (χ4v) is 6.80. The number of aromatic nitrogens is 2. The van der Waals surface area contributed by atoms with E-state index < -0.39 is 9.84 Å². The third kappa shape index (κ3) is 7.04. The molecule has 3 heterocycles. The Morgan fingerprint density at radius 1 is 1.10 bits per heavy atom. The summed E-state index contributed by atoms with van der Waals surface area (Å²) < 4.78 is 28.8. The average Bonchev–Trinajstić information content (AvgIpc) is 3.40. The highest BCUT2D eigenvalue weighted by molar-refractivity contribution is 7.90. The zero-order valence-corrected chi connectivity index (χ0v) is 24.2. The molecule has 1 aromatic carbocycles. The molecule has 3 aliphatic rings. The quantitative estimate of drug-likeness (QED) is 0.414. The zero-order chi connectivity index (χ0) is 28.1. The number of likely N-dealkylation sites (tertiary alicyclic amines) is 1. The van der Waals surface area contributed by atoms with Crippen molar-refractivity contribution in [3.8, 4) is 5.75 Å². The molecule has 0 unspecified atom stereocenters. The van der Waals surface area contributed by atoms with Crippen molar-refractivity contribution >= 4 is 33.2 Å². The second kappa shape index (κ2) is 12.7. The van der Waals surface area contributed by atoms with Crippen LogP contribution in [0.1, 0.15) is 50.5 Å². The first-order valence-corrected chi connectivity index (χ1v) is 16.6. The summed E-state index contributed by atoms with van der Waals surface area (Å²) in [5.74, 6) is 3.35. The fourth-order valence-electron chi connectivity index (χ4n) is 6.16. The minimum Gasteiger partial charge on any atom is -0.493 e. The predicted molar refractivity (Wildman–Crippen MR) is 157 cm³/mol. The Labute approximate surface area is 237 Å². The molecule has 0 radical (unpaired) electrons. The monoisotopic (exact) mass is 570 g/mol. The van der Waals surface area contributed by atoms with E-state index in [2.05, 4.69) is 26.2 Å². The third-order valence-corrected chi connectivity index (χ3v) is 9.52. The normalized spacial score (nSPS) is 21.8. The number of nitrogens with one attached hydrogen (secondary N) is 1. The summed E-state index contributed by atoms with van der Waals surface area (Å²) in [5, 5.41) is 3.52. The Morgan fingerprint density at radius 3 is 2.60 bits per heavy atom. The molecule has 3 N–H and O–H groups in total. The number of hydrogen-bond donors (Lipinski definition) is 2. The van der Waals surface area contributed by atoms with Crippen LogP contribution >= 0.6 is 0 Å². The number of fused-ring (bicyclic) bond motifs is 1. The van der Waals surface area contributed by atoms with E-state index in [9.17, 15) is 13.2 Å². The van der Waals surface area contributed by atoms with Gasteiger partial charge in [-0.3, -0.25) is 4.79 Å². The number of ether oxygens (including phenoxy) is 1. The Morgan fingerprint density at radius 2 is 1.88 bits per heavy atom. The summed E-state index contributed by atoms with van der Waals surface area (Å²) in [6.45, 7) is 3.56. The maximum absolute atomic E-state index is 13.1. The molecule has 1 aliphatic carbocycles. The molecular weight excluding hydrogens is 528 g/mol. The van der Waals surface area contributed by atoms with E-state index in [-0.39, 0.29) is 17.7 Å². The highest BCUT2D eigenvalue weighted by atomic mass is 32.2. The molecule has 1 saturated heterocycles. The summed E-state index contributed by atoms with van der Waals surface area (Å²) >= 11 is 0. The minimum absolute atomic E-state index is 0.114. The van der Waals surface area contributed by atoms with Crippen LogP contribution in [-0.4, -0.2) is 80.0 Å². The SMILES string of the molecule is CS(=O)(=O)CCCOc1cccc2c1CCN2c1ccnc(N[C@H]2CC[C@H](C(=O)N3CCC(CN)CC3)CC2)n1. The third-order valence-electron chi connectivity index (χ3n) is 8.49. The van der Waals surface area contributed by atoms with Crippen molar-refractivity contribution in [1.82, 2.24) is 14.9 Å². The van der Waals surface area contributed by atoms with Crippen LogP contribution in [0.25, 0.3) is 0 Å². The van der Waals surface area contributed by atoms with E-state index in [0.717, 1.165) is 93.9 Å². The van der Waals surface area contributed by atoms with Crippen molar-refractivity contribution in [1.29, 1.82) is 0 Å². The number of nitrogens with two attached hydrogens (primary N) is 1. The topological polar surface area (TPSA) is 131 Å². The van der Waals surface area contributed by atoms with Gasteiger partial charge < -0.3 is 25.6 Å². The van der Waals surface area contributed by atoms with Crippen LogP contribution in [0.15, 0.2) is 30.5 Å². The molecule has 2 aromatic rings. The van der Waals surface area contributed by atoms with Crippen LogP contribution in [0.4, 0.5) is 17.5 Å². The first-order valence-electron chi connectivity index (χ1n) is 14.6. The number of amides is 1. The maximum Gasteiger partial charge on any atom is 0.225 e. The Bertz CT molecular complexity index is 1270. The van der Waals surface area contributed by atoms with Gasteiger partial charge in [-0.1, -0.05) is 6.07 Å².